The summed E-state index contributed by atoms with van der Waals surface area (Å²) < 4.78 is 10.4. The highest BCUT2D eigenvalue weighted by Gasteiger charge is 2.13. The van der Waals surface area contributed by atoms with E-state index in [-0.39, 0.29) is 5.91 Å². The van der Waals surface area contributed by atoms with Crippen LogP contribution in [0.15, 0.2) is 59.8 Å². The molecule has 0 atom stereocenters. The van der Waals surface area contributed by atoms with E-state index in [0.29, 0.717) is 15.6 Å². The van der Waals surface area contributed by atoms with Crippen molar-refractivity contribution >= 4 is 23.5 Å². The van der Waals surface area contributed by atoms with Gasteiger partial charge in [0.25, 0.3) is 5.91 Å². The van der Waals surface area contributed by atoms with Crippen molar-refractivity contribution in [3.05, 3.63) is 65.2 Å². The number of methoxy groups -OCH3 is 2. The first-order valence-corrected chi connectivity index (χ1v) is 8.59. The molecule has 1 N–H and O–H groups in total. The summed E-state index contributed by atoms with van der Waals surface area (Å²) in [4.78, 5) is 17.0. The van der Waals surface area contributed by atoms with Gasteiger partial charge in [0.05, 0.1) is 32.2 Å². The molecule has 2 aromatic carbocycles. The predicted octanol–water partition coefficient (Wildman–Crippen LogP) is 3.59. The Morgan fingerprint density at radius 1 is 1.12 bits per heavy atom. The van der Waals surface area contributed by atoms with E-state index < -0.39 is 0 Å². The molecule has 6 nitrogen and oxygen atoms in total. The van der Waals surface area contributed by atoms with Gasteiger partial charge in [-0.2, -0.15) is 5.10 Å². The van der Waals surface area contributed by atoms with E-state index in [2.05, 4.69) is 15.5 Å². The Morgan fingerprint density at radius 2 is 1.88 bits per heavy atom. The molecule has 0 saturated heterocycles. The monoisotopic (exact) mass is 367 g/mol. The minimum atomic E-state index is -0.312. The summed E-state index contributed by atoms with van der Waals surface area (Å²) in [5, 5.41) is 4.69. The third-order valence-corrected chi connectivity index (χ3v) is 4.59. The molecule has 0 unspecified atom stereocenters. The van der Waals surface area contributed by atoms with Crippen LogP contribution in [0.4, 0.5) is 0 Å². The number of aromatic nitrogens is 1. The number of thiazole rings is 1. The highest BCUT2D eigenvalue weighted by Crippen LogP contribution is 2.32. The number of amides is 1. The van der Waals surface area contributed by atoms with E-state index in [4.69, 9.17) is 9.47 Å². The van der Waals surface area contributed by atoms with Gasteiger partial charge in [0, 0.05) is 0 Å². The molecule has 1 amide bonds. The molecule has 3 aromatic rings. The minimum absolute atomic E-state index is 0.312. The fourth-order valence-corrected chi connectivity index (χ4v) is 3.07. The van der Waals surface area contributed by atoms with Crippen molar-refractivity contribution < 1.29 is 14.3 Å². The molecule has 0 aliphatic heterocycles. The number of benzene rings is 2. The van der Waals surface area contributed by atoms with Crippen LogP contribution in [0.3, 0.4) is 0 Å². The maximum atomic E-state index is 12.2. The summed E-state index contributed by atoms with van der Waals surface area (Å²) in [5.74, 6) is 1.17. The number of nitrogens with one attached hydrogen (secondary N) is 1. The van der Waals surface area contributed by atoms with Crippen molar-refractivity contribution in [2.75, 3.05) is 14.2 Å². The Kier molecular flexibility index (Phi) is 5.60. The second-order valence-corrected chi connectivity index (χ2v) is 6.23. The van der Waals surface area contributed by atoms with Crippen LogP contribution in [-0.4, -0.2) is 31.3 Å². The third kappa shape index (κ3) is 4.07. The number of para-hydroxylation sites is 1. The van der Waals surface area contributed by atoms with Gasteiger partial charge in [-0.15, -0.1) is 11.3 Å². The van der Waals surface area contributed by atoms with Crippen molar-refractivity contribution in [3.8, 4) is 22.1 Å². The summed E-state index contributed by atoms with van der Waals surface area (Å²) in [6, 6.07) is 14.9. The minimum Gasteiger partial charge on any atom is -0.497 e. The van der Waals surface area contributed by atoms with Crippen LogP contribution >= 0.6 is 11.3 Å². The summed E-state index contributed by atoms with van der Waals surface area (Å²) in [7, 11) is 3.21. The molecule has 1 heterocycles. The van der Waals surface area contributed by atoms with Crippen molar-refractivity contribution in [1.29, 1.82) is 0 Å². The van der Waals surface area contributed by atoms with Gasteiger partial charge in [-0.25, -0.2) is 10.4 Å². The average molecular weight is 367 g/mol. The first-order chi connectivity index (χ1) is 12.7. The number of carbonyl (C=O) groups is 1. The number of nitrogens with zero attached hydrogens (tertiary/aromatic N) is 2. The maximum absolute atomic E-state index is 12.2. The molecule has 0 radical (unpaired) electrons. The van der Waals surface area contributed by atoms with Gasteiger partial charge in [0.15, 0.2) is 0 Å². The molecule has 0 saturated carbocycles. The van der Waals surface area contributed by atoms with Crippen molar-refractivity contribution in [1.82, 2.24) is 10.4 Å². The third-order valence-electron chi connectivity index (χ3n) is 3.56. The summed E-state index contributed by atoms with van der Waals surface area (Å²) in [6.07, 6.45) is 3.10. The number of ether oxygens (including phenoxy) is 2. The Bertz CT molecular complexity index is 920. The zero-order valence-electron chi connectivity index (χ0n) is 14.3. The van der Waals surface area contributed by atoms with E-state index in [9.17, 15) is 4.79 Å². The van der Waals surface area contributed by atoms with E-state index >= 15 is 0 Å². The van der Waals surface area contributed by atoms with E-state index in [0.717, 1.165) is 16.9 Å². The van der Waals surface area contributed by atoms with E-state index in [1.807, 2.05) is 48.5 Å². The zero-order valence-corrected chi connectivity index (χ0v) is 15.1. The van der Waals surface area contributed by atoms with Gasteiger partial charge in [-0.1, -0.05) is 12.1 Å². The molecule has 3 rings (SSSR count). The normalized spacial score (nSPS) is 10.7. The largest absolute Gasteiger partial charge is 0.497 e. The van der Waals surface area contributed by atoms with Gasteiger partial charge in [0.1, 0.15) is 21.4 Å². The molecule has 0 spiro atoms. The smallest absolute Gasteiger partial charge is 0.283 e. The van der Waals surface area contributed by atoms with Crippen molar-refractivity contribution in [3.63, 3.8) is 0 Å². The highest BCUT2D eigenvalue weighted by atomic mass is 32.1. The predicted molar refractivity (Wildman–Crippen MR) is 102 cm³/mol. The van der Waals surface area contributed by atoms with E-state index in [1.165, 1.54) is 17.5 Å². The number of carbonyl (C=O) groups excluding carboxylic acids is 1. The fraction of sp³-hybridized carbons (Fsp3) is 0.105. The molecule has 132 valence electrons. The second-order valence-electron chi connectivity index (χ2n) is 5.20. The van der Waals surface area contributed by atoms with Crippen LogP contribution < -0.4 is 14.9 Å². The molecule has 0 aliphatic rings. The van der Waals surface area contributed by atoms with E-state index in [1.54, 1.807) is 20.4 Å². The first-order valence-electron chi connectivity index (χ1n) is 7.78. The van der Waals surface area contributed by atoms with Gasteiger partial charge in [-0.3, -0.25) is 4.79 Å². The summed E-state index contributed by atoms with van der Waals surface area (Å²) >= 11 is 1.28. The molecule has 1 aromatic heterocycles. The Morgan fingerprint density at radius 3 is 2.62 bits per heavy atom. The maximum Gasteiger partial charge on any atom is 0.283 e. The number of hydrazone groups is 1. The molecular formula is C19H17N3O3S. The quantitative estimate of drug-likeness (QED) is 0.534. The zero-order chi connectivity index (χ0) is 18.4. The molecular weight excluding hydrogens is 350 g/mol. The van der Waals surface area contributed by atoms with Crippen molar-refractivity contribution in [2.24, 2.45) is 5.10 Å². The summed E-state index contributed by atoms with van der Waals surface area (Å²) in [5.41, 5.74) is 4.21. The van der Waals surface area contributed by atoms with Gasteiger partial charge < -0.3 is 9.47 Å². The van der Waals surface area contributed by atoms with Gasteiger partial charge in [0.2, 0.25) is 0 Å². The lowest BCUT2D eigenvalue weighted by molar-refractivity contribution is 0.0959. The second kappa shape index (κ2) is 8.26. The molecule has 0 fully saturated rings. The Labute approximate surface area is 155 Å². The standard InChI is InChI=1S/C19H17N3O3S/c1-24-14-9-7-13(8-10-14)11-21-22-18(23)17-12-20-19(26-17)15-5-3-4-6-16(15)25-2/h3-12H,1-2H3,(H,22,23)/b21-11+. The molecule has 7 heteroatoms. The van der Waals surface area contributed by atoms with Crippen molar-refractivity contribution in [2.45, 2.75) is 0 Å². The highest BCUT2D eigenvalue weighted by molar-refractivity contribution is 7.16. The lowest BCUT2D eigenvalue weighted by Crippen LogP contribution is -2.16. The number of hydrogen-bond donors (Lipinski definition) is 1. The van der Waals surface area contributed by atoms with Gasteiger partial charge in [-0.05, 0) is 42.0 Å². The van der Waals surface area contributed by atoms with Crippen LogP contribution in [-0.2, 0) is 0 Å². The Balaban J connectivity index is 1.67. The SMILES string of the molecule is COc1ccc(/C=N/NC(=O)c2cnc(-c3ccccc3OC)s2)cc1. The van der Waals surface area contributed by atoms with Crippen LogP contribution in [0.1, 0.15) is 15.2 Å². The van der Waals surface area contributed by atoms with Crippen LogP contribution in [0.5, 0.6) is 11.5 Å². The van der Waals surface area contributed by atoms with Crippen LogP contribution in [0.25, 0.3) is 10.6 Å². The summed E-state index contributed by atoms with van der Waals surface area (Å²) in [6.45, 7) is 0. The lowest BCUT2D eigenvalue weighted by Gasteiger charge is -2.04. The Hall–Kier alpha value is -3.19. The molecule has 0 bridgehead atoms. The molecule has 26 heavy (non-hydrogen) atoms. The average Bonchev–Trinajstić information content (AvgIpc) is 3.18. The first kappa shape index (κ1) is 17.6. The van der Waals surface area contributed by atoms with Gasteiger partial charge >= 0.3 is 0 Å². The number of rotatable bonds is 6. The van der Waals surface area contributed by atoms with Crippen LogP contribution in [0.2, 0.25) is 0 Å². The topological polar surface area (TPSA) is 72.8 Å². The lowest BCUT2D eigenvalue weighted by atomic mass is 10.2. The fourth-order valence-electron chi connectivity index (χ4n) is 2.24. The molecule has 0 aliphatic carbocycles. The number of hydrogen-bond acceptors (Lipinski definition) is 6. The van der Waals surface area contributed by atoms with Crippen LogP contribution in [0, 0.1) is 0 Å².